The summed E-state index contributed by atoms with van der Waals surface area (Å²) in [6.07, 6.45) is 6.27. The topological polar surface area (TPSA) is 58.4 Å². The molecule has 2 atom stereocenters. The number of likely N-dealkylation sites (tertiary alicyclic amines) is 1. The summed E-state index contributed by atoms with van der Waals surface area (Å²) in [7, 11) is 0. The van der Waals surface area contributed by atoms with Crippen molar-refractivity contribution < 1.29 is 8.78 Å². The quantitative estimate of drug-likeness (QED) is 0.485. The standard InChI is InChI=1S/C22H22F2N6S/c1-13(2)29-9-7-18(20(29)14-5-6-16(23)17(24)10-14)26-21-28-30-12-19(27-22(30)31-21)15-4-3-8-25-11-15/h3-6,8,10-13,18,20H,7,9H2,1-2H3,(H,26,28). The maximum atomic E-state index is 14.0. The molecule has 3 aromatic heterocycles. The van der Waals surface area contributed by atoms with Gasteiger partial charge in [-0.2, -0.15) is 0 Å². The van der Waals surface area contributed by atoms with Gasteiger partial charge in [0.2, 0.25) is 10.1 Å². The molecule has 31 heavy (non-hydrogen) atoms. The molecule has 4 heterocycles. The van der Waals surface area contributed by atoms with Crippen molar-refractivity contribution in [3.63, 3.8) is 0 Å². The number of fused-ring (bicyclic) bond motifs is 1. The third kappa shape index (κ3) is 3.79. The number of nitrogens with one attached hydrogen (secondary N) is 1. The van der Waals surface area contributed by atoms with Crippen LogP contribution in [0.2, 0.25) is 0 Å². The number of aromatic nitrogens is 4. The van der Waals surface area contributed by atoms with Crippen molar-refractivity contribution in [2.45, 2.75) is 38.4 Å². The van der Waals surface area contributed by atoms with Gasteiger partial charge >= 0.3 is 0 Å². The molecule has 0 radical (unpaired) electrons. The fourth-order valence-electron chi connectivity index (χ4n) is 4.24. The highest BCUT2D eigenvalue weighted by molar-refractivity contribution is 7.20. The Hall–Kier alpha value is -2.91. The van der Waals surface area contributed by atoms with E-state index in [1.54, 1.807) is 23.0 Å². The van der Waals surface area contributed by atoms with Gasteiger partial charge in [-0.15, -0.1) is 5.10 Å². The van der Waals surface area contributed by atoms with Gasteiger partial charge in [-0.3, -0.25) is 9.88 Å². The molecule has 1 aliphatic heterocycles. The summed E-state index contributed by atoms with van der Waals surface area (Å²) >= 11 is 1.47. The Balaban J connectivity index is 1.41. The highest BCUT2D eigenvalue weighted by Crippen LogP contribution is 2.37. The van der Waals surface area contributed by atoms with Gasteiger partial charge in [0.25, 0.3) is 0 Å². The van der Waals surface area contributed by atoms with E-state index in [1.165, 1.54) is 23.5 Å². The molecular formula is C22H22F2N6S. The van der Waals surface area contributed by atoms with Gasteiger partial charge in [0.15, 0.2) is 11.6 Å². The Labute approximate surface area is 182 Å². The molecule has 2 unspecified atom stereocenters. The first-order valence-electron chi connectivity index (χ1n) is 10.2. The summed E-state index contributed by atoms with van der Waals surface area (Å²) in [6.45, 7) is 5.10. The third-order valence-electron chi connectivity index (χ3n) is 5.69. The molecule has 1 saturated heterocycles. The van der Waals surface area contributed by atoms with Gasteiger partial charge in [-0.05, 0) is 50.1 Å². The van der Waals surface area contributed by atoms with Crippen LogP contribution in [-0.4, -0.2) is 43.1 Å². The summed E-state index contributed by atoms with van der Waals surface area (Å²) < 4.78 is 29.2. The maximum Gasteiger partial charge on any atom is 0.214 e. The van der Waals surface area contributed by atoms with Gasteiger partial charge in [0.05, 0.1) is 17.9 Å². The second kappa shape index (κ2) is 7.97. The number of benzene rings is 1. The van der Waals surface area contributed by atoms with Crippen LogP contribution in [0, 0.1) is 11.6 Å². The number of nitrogens with zero attached hydrogens (tertiary/aromatic N) is 5. The number of halogens is 2. The molecule has 0 amide bonds. The molecule has 0 spiro atoms. The van der Waals surface area contributed by atoms with Crippen molar-refractivity contribution in [2.24, 2.45) is 0 Å². The smallest absolute Gasteiger partial charge is 0.214 e. The van der Waals surface area contributed by atoms with E-state index >= 15 is 0 Å². The maximum absolute atomic E-state index is 14.0. The fraction of sp³-hybridized carbons (Fsp3) is 0.318. The Bertz CT molecular complexity index is 1170. The fourth-order valence-corrected chi connectivity index (χ4v) is 5.08. The lowest BCUT2D eigenvalue weighted by molar-refractivity contribution is 0.200. The SMILES string of the molecule is CC(C)N1CCC(Nc2nn3cc(-c4cccnc4)nc3s2)C1c1ccc(F)c(F)c1. The van der Waals surface area contributed by atoms with Crippen LogP contribution in [0.5, 0.6) is 0 Å². The van der Waals surface area contributed by atoms with Crippen LogP contribution in [0.15, 0.2) is 48.9 Å². The molecule has 0 saturated carbocycles. The number of rotatable bonds is 5. The summed E-state index contributed by atoms with van der Waals surface area (Å²) in [6, 6.07) is 8.26. The van der Waals surface area contributed by atoms with Crippen LogP contribution in [0.25, 0.3) is 16.2 Å². The van der Waals surface area contributed by atoms with Crippen molar-refractivity contribution in [3.8, 4) is 11.3 Å². The Kier molecular flexibility index (Phi) is 5.15. The van der Waals surface area contributed by atoms with E-state index in [4.69, 9.17) is 0 Å². The van der Waals surface area contributed by atoms with E-state index in [0.29, 0.717) is 0 Å². The van der Waals surface area contributed by atoms with Gasteiger partial charge in [-0.1, -0.05) is 17.4 Å². The van der Waals surface area contributed by atoms with Crippen molar-refractivity contribution in [1.82, 2.24) is 24.5 Å². The molecule has 0 bridgehead atoms. The number of hydrogen-bond acceptors (Lipinski definition) is 6. The van der Waals surface area contributed by atoms with E-state index in [0.717, 1.165) is 39.9 Å². The first kappa shape index (κ1) is 20.0. The Morgan fingerprint density at radius 3 is 2.77 bits per heavy atom. The molecule has 4 aromatic rings. The molecule has 1 fully saturated rings. The zero-order valence-electron chi connectivity index (χ0n) is 17.2. The lowest BCUT2D eigenvalue weighted by Gasteiger charge is -2.31. The van der Waals surface area contributed by atoms with Gasteiger partial charge in [-0.25, -0.2) is 18.3 Å². The average Bonchev–Trinajstić information content (AvgIpc) is 3.44. The molecule has 160 valence electrons. The number of pyridine rings is 1. The second-order valence-corrected chi connectivity index (χ2v) is 8.95. The minimum atomic E-state index is -0.826. The highest BCUT2D eigenvalue weighted by Gasteiger charge is 2.37. The second-order valence-electron chi connectivity index (χ2n) is 7.99. The predicted molar refractivity (Wildman–Crippen MR) is 117 cm³/mol. The summed E-state index contributed by atoms with van der Waals surface area (Å²) in [4.78, 5) is 11.9. The van der Waals surface area contributed by atoms with Crippen LogP contribution < -0.4 is 5.32 Å². The zero-order chi connectivity index (χ0) is 21.5. The van der Waals surface area contributed by atoms with Crippen molar-refractivity contribution in [3.05, 3.63) is 66.1 Å². The van der Waals surface area contributed by atoms with E-state index in [2.05, 4.69) is 39.1 Å². The largest absolute Gasteiger partial charge is 0.355 e. The number of anilines is 1. The zero-order valence-corrected chi connectivity index (χ0v) is 18.0. The normalized spacial score (nSPS) is 19.5. The van der Waals surface area contributed by atoms with Crippen molar-refractivity contribution in [2.75, 3.05) is 11.9 Å². The molecule has 0 aliphatic carbocycles. The third-order valence-corrected chi connectivity index (χ3v) is 6.55. The lowest BCUT2D eigenvalue weighted by atomic mass is 9.99. The Morgan fingerprint density at radius 2 is 2.06 bits per heavy atom. The molecule has 9 heteroatoms. The van der Waals surface area contributed by atoms with Crippen LogP contribution in [0.1, 0.15) is 31.9 Å². The minimum Gasteiger partial charge on any atom is -0.355 e. The van der Waals surface area contributed by atoms with E-state index in [1.807, 2.05) is 18.3 Å². The van der Waals surface area contributed by atoms with Crippen LogP contribution >= 0.6 is 11.3 Å². The predicted octanol–water partition coefficient (Wildman–Crippen LogP) is 4.77. The first-order valence-corrected chi connectivity index (χ1v) is 11.0. The summed E-state index contributed by atoms with van der Waals surface area (Å²) in [5.74, 6) is -1.64. The van der Waals surface area contributed by atoms with E-state index in [-0.39, 0.29) is 18.1 Å². The van der Waals surface area contributed by atoms with Crippen molar-refractivity contribution >= 4 is 21.4 Å². The number of imidazole rings is 1. The van der Waals surface area contributed by atoms with E-state index in [9.17, 15) is 8.78 Å². The molecule has 1 N–H and O–H groups in total. The minimum absolute atomic E-state index is 0.0286. The molecular weight excluding hydrogens is 418 g/mol. The molecule has 6 nitrogen and oxygen atoms in total. The molecule has 5 rings (SSSR count). The van der Waals surface area contributed by atoms with E-state index < -0.39 is 11.6 Å². The van der Waals surface area contributed by atoms with Gasteiger partial charge in [0.1, 0.15) is 0 Å². The highest BCUT2D eigenvalue weighted by atomic mass is 32.1. The molecule has 1 aliphatic rings. The Morgan fingerprint density at radius 1 is 1.19 bits per heavy atom. The van der Waals surface area contributed by atoms with Crippen LogP contribution in [-0.2, 0) is 0 Å². The van der Waals surface area contributed by atoms with Crippen LogP contribution in [0.4, 0.5) is 13.9 Å². The summed E-state index contributed by atoms with van der Waals surface area (Å²) in [5.41, 5.74) is 2.53. The van der Waals surface area contributed by atoms with Gasteiger partial charge < -0.3 is 5.32 Å². The van der Waals surface area contributed by atoms with Crippen molar-refractivity contribution in [1.29, 1.82) is 0 Å². The van der Waals surface area contributed by atoms with Crippen LogP contribution in [0.3, 0.4) is 0 Å². The molecule has 1 aromatic carbocycles. The summed E-state index contributed by atoms with van der Waals surface area (Å²) in [5, 5.41) is 8.91. The first-order chi connectivity index (χ1) is 15.0. The average molecular weight is 441 g/mol. The monoisotopic (exact) mass is 440 g/mol. The van der Waals surface area contributed by atoms with Gasteiger partial charge in [0, 0.05) is 36.6 Å². The lowest BCUT2D eigenvalue weighted by Crippen LogP contribution is -2.35. The number of hydrogen-bond donors (Lipinski definition) is 1.